The minimum Gasteiger partial charge on any atom is -0.399 e. The van der Waals surface area contributed by atoms with Crippen LogP contribution in [0.15, 0.2) is 65.6 Å². The molecule has 3 rings (SSSR count). The van der Waals surface area contributed by atoms with Gasteiger partial charge < -0.3 is 10.6 Å². The molecule has 0 amide bonds. The molecule has 0 aliphatic rings. The molecule has 6 heteroatoms. The fraction of sp³-hybridized carbons (Fsp3) is 0.200. The van der Waals surface area contributed by atoms with E-state index >= 15 is 0 Å². The standard InChI is InChI=1S/C20H23N3O2S/c1-23(2)19-7-3-6-18-17(19)5-4-8-20(18)26(24,25)22-14-13-15-9-11-16(21)12-10-15/h3-12,22H,13-14,21H2,1-2H3. The number of hydrogen-bond acceptors (Lipinski definition) is 4. The first-order chi connectivity index (χ1) is 12.4. The molecule has 0 aliphatic heterocycles. The summed E-state index contributed by atoms with van der Waals surface area (Å²) in [5.41, 5.74) is 8.39. The van der Waals surface area contributed by atoms with Crippen molar-refractivity contribution in [1.29, 1.82) is 0 Å². The Labute approximate surface area is 154 Å². The van der Waals surface area contributed by atoms with E-state index < -0.39 is 10.0 Å². The molecule has 3 aromatic carbocycles. The lowest BCUT2D eigenvalue weighted by molar-refractivity contribution is 0.582. The van der Waals surface area contributed by atoms with Gasteiger partial charge in [-0.1, -0.05) is 36.4 Å². The van der Waals surface area contributed by atoms with Crippen LogP contribution in [0.5, 0.6) is 0 Å². The van der Waals surface area contributed by atoms with Gasteiger partial charge in [0.05, 0.1) is 4.90 Å². The van der Waals surface area contributed by atoms with Crippen LogP contribution in [0.2, 0.25) is 0 Å². The van der Waals surface area contributed by atoms with Gasteiger partial charge in [0, 0.05) is 42.8 Å². The molecule has 0 radical (unpaired) electrons. The Morgan fingerprint density at radius 3 is 2.27 bits per heavy atom. The van der Waals surface area contributed by atoms with Crippen LogP contribution in [0, 0.1) is 0 Å². The number of fused-ring (bicyclic) bond motifs is 1. The van der Waals surface area contributed by atoms with Crippen LogP contribution in [-0.2, 0) is 16.4 Å². The molecule has 0 fully saturated rings. The third-order valence-electron chi connectivity index (χ3n) is 4.32. The summed E-state index contributed by atoms with van der Waals surface area (Å²) in [5.74, 6) is 0. The number of sulfonamides is 1. The van der Waals surface area contributed by atoms with E-state index in [1.807, 2.05) is 67.5 Å². The minimum absolute atomic E-state index is 0.302. The van der Waals surface area contributed by atoms with Crippen molar-refractivity contribution in [2.45, 2.75) is 11.3 Å². The van der Waals surface area contributed by atoms with Crippen LogP contribution in [0.25, 0.3) is 10.8 Å². The molecule has 0 saturated carbocycles. The highest BCUT2D eigenvalue weighted by Crippen LogP contribution is 2.30. The number of nitrogens with two attached hydrogens (primary N) is 1. The van der Waals surface area contributed by atoms with E-state index in [1.165, 1.54) is 0 Å². The van der Waals surface area contributed by atoms with E-state index in [9.17, 15) is 8.42 Å². The van der Waals surface area contributed by atoms with E-state index in [1.54, 1.807) is 12.1 Å². The second kappa shape index (κ2) is 7.35. The maximum Gasteiger partial charge on any atom is 0.241 e. The Hall–Kier alpha value is -2.57. The zero-order valence-corrected chi connectivity index (χ0v) is 15.8. The van der Waals surface area contributed by atoms with Crippen molar-refractivity contribution in [3.63, 3.8) is 0 Å². The smallest absolute Gasteiger partial charge is 0.241 e. The predicted octanol–water partition coefficient (Wildman–Crippen LogP) is 3.01. The summed E-state index contributed by atoms with van der Waals surface area (Å²) < 4.78 is 28.4. The summed E-state index contributed by atoms with van der Waals surface area (Å²) in [6.07, 6.45) is 0.604. The van der Waals surface area contributed by atoms with Gasteiger partial charge >= 0.3 is 0 Å². The van der Waals surface area contributed by atoms with Crippen LogP contribution >= 0.6 is 0 Å². The Bertz CT molecular complexity index is 1010. The molecule has 26 heavy (non-hydrogen) atoms. The number of rotatable bonds is 6. The Morgan fingerprint density at radius 1 is 0.923 bits per heavy atom. The lowest BCUT2D eigenvalue weighted by Crippen LogP contribution is -2.26. The highest BCUT2D eigenvalue weighted by atomic mass is 32.2. The van der Waals surface area contributed by atoms with Crippen molar-refractivity contribution in [2.24, 2.45) is 0 Å². The van der Waals surface area contributed by atoms with Crippen molar-refractivity contribution < 1.29 is 8.42 Å². The van der Waals surface area contributed by atoms with Crippen LogP contribution in [0.1, 0.15) is 5.56 Å². The van der Waals surface area contributed by atoms with Crippen molar-refractivity contribution in [2.75, 3.05) is 31.3 Å². The average Bonchev–Trinajstić information content (AvgIpc) is 2.62. The van der Waals surface area contributed by atoms with Crippen molar-refractivity contribution in [3.8, 4) is 0 Å². The first-order valence-corrected chi connectivity index (χ1v) is 9.90. The average molecular weight is 369 g/mol. The molecule has 0 heterocycles. The van der Waals surface area contributed by atoms with E-state index in [4.69, 9.17) is 5.73 Å². The van der Waals surface area contributed by atoms with Crippen LogP contribution < -0.4 is 15.4 Å². The quantitative estimate of drug-likeness (QED) is 0.655. The molecule has 0 bridgehead atoms. The van der Waals surface area contributed by atoms with Crippen LogP contribution in [-0.4, -0.2) is 29.1 Å². The van der Waals surface area contributed by atoms with Gasteiger partial charge in [0.25, 0.3) is 0 Å². The SMILES string of the molecule is CN(C)c1cccc2c(S(=O)(=O)NCCc3ccc(N)cc3)cccc12. The molecular weight excluding hydrogens is 346 g/mol. The largest absolute Gasteiger partial charge is 0.399 e. The lowest BCUT2D eigenvalue weighted by atomic mass is 10.1. The van der Waals surface area contributed by atoms with Gasteiger partial charge in [0.15, 0.2) is 0 Å². The maximum absolute atomic E-state index is 12.8. The van der Waals surface area contributed by atoms with Crippen molar-refractivity contribution >= 4 is 32.2 Å². The van der Waals surface area contributed by atoms with Gasteiger partial charge in [0.2, 0.25) is 10.0 Å². The molecule has 136 valence electrons. The number of nitrogens with one attached hydrogen (secondary N) is 1. The van der Waals surface area contributed by atoms with E-state index in [0.29, 0.717) is 23.5 Å². The molecular formula is C20H23N3O2S. The summed E-state index contributed by atoms with van der Waals surface area (Å²) in [4.78, 5) is 2.28. The Morgan fingerprint density at radius 2 is 1.58 bits per heavy atom. The molecule has 0 aromatic heterocycles. The molecule has 3 aromatic rings. The predicted molar refractivity (Wildman–Crippen MR) is 108 cm³/mol. The summed E-state index contributed by atoms with van der Waals surface area (Å²) in [5, 5.41) is 1.64. The molecule has 0 atom stereocenters. The molecule has 0 unspecified atom stereocenters. The number of anilines is 2. The summed E-state index contributed by atoms with van der Waals surface area (Å²) in [6, 6.07) is 18.5. The van der Waals surface area contributed by atoms with Gasteiger partial charge in [-0.25, -0.2) is 13.1 Å². The number of benzene rings is 3. The van der Waals surface area contributed by atoms with Crippen LogP contribution in [0.3, 0.4) is 0 Å². The summed E-state index contributed by atoms with van der Waals surface area (Å²) >= 11 is 0. The van der Waals surface area contributed by atoms with Gasteiger partial charge in [0.1, 0.15) is 0 Å². The van der Waals surface area contributed by atoms with Crippen LogP contribution in [0.4, 0.5) is 11.4 Å². The Balaban J connectivity index is 1.85. The number of nitrogens with zero attached hydrogens (tertiary/aromatic N) is 1. The summed E-state index contributed by atoms with van der Waals surface area (Å²) in [7, 11) is 0.290. The van der Waals surface area contributed by atoms with Gasteiger partial charge in [-0.15, -0.1) is 0 Å². The molecule has 3 N–H and O–H groups in total. The van der Waals surface area contributed by atoms with Crippen molar-refractivity contribution in [1.82, 2.24) is 4.72 Å². The topological polar surface area (TPSA) is 75.4 Å². The second-order valence-electron chi connectivity index (χ2n) is 6.41. The fourth-order valence-corrected chi connectivity index (χ4v) is 4.23. The first kappa shape index (κ1) is 18.2. The lowest BCUT2D eigenvalue weighted by Gasteiger charge is -2.17. The summed E-state index contributed by atoms with van der Waals surface area (Å²) in [6.45, 7) is 0.329. The van der Waals surface area contributed by atoms with E-state index in [-0.39, 0.29) is 0 Å². The molecule has 0 aliphatic carbocycles. The monoisotopic (exact) mass is 369 g/mol. The highest BCUT2D eigenvalue weighted by Gasteiger charge is 2.18. The van der Waals surface area contributed by atoms with Gasteiger partial charge in [-0.05, 0) is 36.2 Å². The van der Waals surface area contributed by atoms with E-state index in [0.717, 1.165) is 22.0 Å². The zero-order valence-electron chi connectivity index (χ0n) is 14.9. The maximum atomic E-state index is 12.8. The normalized spacial score (nSPS) is 11.6. The molecule has 0 spiro atoms. The molecule has 5 nitrogen and oxygen atoms in total. The first-order valence-electron chi connectivity index (χ1n) is 8.41. The van der Waals surface area contributed by atoms with Gasteiger partial charge in [-0.2, -0.15) is 0 Å². The van der Waals surface area contributed by atoms with E-state index in [2.05, 4.69) is 4.72 Å². The third kappa shape index (κ3) is 3.81. The zero-order chi connectivity index (χ0) is 18.7. The number of hydrogen-bond donors (Lipinski definition) is 2. The van der Waals surface area contributed by atoms with Crippen molar-refractivity contribution in [3.05, 3.63) is 66.2 Å². The fourth-order valence-electron chi connectivity index (χ4n) is 2.98. The molecule has 0 saturated heterocycles. The van der Waals surface area contributed by atoms with Gasteiger partial charge in [-0.3, -0.25) is 0 Å². The third-order valence-corrected chi connectivity index (χ3v) is 5.84. The minimum atomic E-state index is -3.60. The Kier molecular flexibility index (Phi) is 5.15. The second-order valence-corrected chi connectivity index (χ2v) is 8.15. The highest BCUT2D eigenvalue weighted by molar-refractivity contribution is 7.89. The number of nitrogen functional groups attached to an aromatic ring is 1.